The summed E-state index contributed by atoms with van der Waals surface area (Å²) in [5.74, 6) is 0.651. The van der Waals surface area contributed by atoms with Crippen LogP contribution in [0.2, 0.25) is 0 Å². The fraction of sp³-hybridized carbons (Fsp3) is 0.400. The van der Waals surface area contributed by atoms with E-state index in [4.69, 9.17) is 4.74 Å². The van der Waals surface area contributed by atoms with Gasteiger partial charge in [-0.2, -0.15) is 0 Å². The van der Waals surface area contributed by atoms with Crippen LogP contribution < -0.4 is 4.74 Å². The highest BCUT2D eigenvalue weighted by Crippen LogP contribution is 2.32. The summed E-state index contributed by atoms with van der Waals surface area (Å²) in [6, 6.07) is 8.38. The summed E-state index contributed by atoms with van der Waals surface area (Å²) < 4.78 is 5.13. The van der Waals surface area contributed by atoms with Crippen LogP contribution in [0.5, 0.6) is 5.19 Å². The maximum Gasteiger partial charge on any atom is 0.273 e. The zero-order valence-corrected chi connectivity index (χ0v) is 12.3. The number of aliphatic hydroxyl groups excluding tert-OH is 1. The molecule has 0 radical (unpaired) electrons. The second-order valence-corrected chi connectivity index (χ2v) is 5.95. The molecule has 0 aliphatic rings. The lowest BCUT2D eigenvalue weighted by molar-refractivity contribution is 0.286. The summed E-state index contributed by atoms with van der Waals surface area (Å²) in [6.07, 6.45) is 1.08. The number of aliphatic hydroxyl groups is 1. The minimum absolute atomic E-state index is 0.00982. The summed E-state index contributed by atoms with van der Waals surface area (Å²) in [5.41, 5.74) is 3.17. The first-order valence-electron chi connectivity index (χ1n) is 6.38. The van der Waals surface area contributed by atoms with Crippen LogP contribution in [0.1, 0.15) is 24.3 Å². The Morgan fingerprint density at radius 3 is 2.47 bits per heavy atom. The predicted molar refractivity (Wildman–Crippen MR) is 78.6 cm³/mol. The second-order valence-electron chi connectivity index (χ2n) is 4.91. The molecule has 2 aromatic rings. The van der Waals surface area contributed by atoms with Gasteiger partial charge in [0.25, 0.3) is 5.19 Å². The molecular weight excluding hydrogens is 258 g/mol. The van der Waals surface area contributed by atoms with Crippen molar-refractivity contribution >= 4 is 11.3 Å². The normalized spacial score (nSPS) is 11.0. The number of ether oxygens (including phenoxy) is 1. The molecule has 0 saturated carbocycles. The maximum absolute atomic E-state index is 9.38. The smallest absolute Gasteiger partial charge is 0.273 e. The van der Waals surface area contributed by atoms with Gasteiger partial charge in [0.1, 0.15) is 0 Å². The Morgan fingerprint density at radius 2 is 1.95 bits per heavy atom. The van der Waals surface area contributed by atoms with Crippen LogP contribution in [0.3, 0.4) is 0 Å². The van der Waals surface area contributed by atoms with Gasteiger partial charge in [-0.3, -0.25) is 0 Å². The van der Waals surface area contributed by atoms with Crippen molar-refractivity contribution in [1.82, 2.24) is 4.98 Å². The van der Waals surface area contributed by atoms with E-state index in [1.807, 2.05) is 0 Å². The summed E-state index contributed by atoms with van der Waals surface area (Å²) in [6.45, 7) is 4.41. The summed E-state index contributed by atoms with van der Waals surface area (Å²) in [7, 11) is 1.59. The Bertz CT molecular complexity index is 532. The highest BCUT2D eigenvalue weighted by Gasteiger charge is 2.12. The molecule has 0 aliphatic heterocycles. The van der Waals surface area contributed by atoms with E-state index in [1.165, 1.54) is 16.9 Å². The molecule has 3 nitrogen and oxygen atoms in total. The first-order chi connectivity index (χ1) is 9.13. The van der Waals surface area contributed by atoms with Crippen molar-refractivity contribution in [2.75, 3.05) is 7.11 Å². The molecule has 0 aliphatic carbocycles. The molecule has 0 bridgehead atoms. The van der Waals surface area contributed by atoms with Crippen molar-refractivity contribution in [2.45, 2.75) is 26.9 Å². The second kappa shape index (κ2) is 6.17. The molecule has 0 saturated heterocycles. The fourth-order valence-electron chi connectivity index (χ4n) is 2.02. The molecule has 0 atom stereocenters. The Morgan fingerprint density at radius 1 is 1.26 bits per heavy atom. The quantitative estimate of drug-likeness (QED) is 0.909. The number of thiazole rings is 1. The van der Waals surface area contributed by atoms with E-state index in [9.17, 15) is 5.11 Å². The lowest BCUT2D eigenvalue weighted by Gasteiger charge is -2.06. The molecule has 4 heteroatoms. The van der Waals surface area contributed by atoms with Crippen LogP contribution in [0.4, 0.5) is 0 Å². The maximum atomic E-state index is 9.38. The molecule has 1 aromatic carbocycles. The Hall–Kier alpha value is -1.39. The summed E-state index contributed by atoms with van der Waals surface area (Å²) in [5, 5.41) is 9.97. The molecule has 0 amide bonds. The summed E-state index contributed by atoms with van der Waals surface area (Å²) >= 11 is 1.39. The van der Waals surface area contributed by atoms with E-state index in [1.54, 1.807) is 7.11 Å². The number of nitrogens with zero attached hydrogens (tertiary/aromatic N) is 1. The monoisotopic (exact) mass is 277 g/mol. The van der Waals surface area contributed by atoms with Crippen LogP contribution in [-0.4, -0.2) is 17.2 Å². The third-order valence-corrected chi connectivity index (χ3v) is 3.87. The van der Waals surface area contributed by atoms with Gasteiger partial charge in [0.05, 0.1) is 24.3 Å². The first kappa shape index (κ1) is 14.0. The van der Waals surface area contributed by atoms with E-state index < -0.39 is 0 Å². The van der Waals surface area contributed by atoms with Gasteiger partial charge in [0.2, 0.25) is 0 Å². The van der Waals surface area contributed by atoms with Crippen LogP contribution in [0.25, 0.3) is 11.3 Å². The van der Waals surface area contributed by atoms with Crippen molar-refractivity contribution < 1.29 is 9.84 Å². The van der Waals surface area contributed by atoms with Crippen molar-refractivity contribution in [3.8, 4) is 16.5 Å². The Labute approximate surface area is 117 Å². The Kier molecular flexibility index (Phi) is 4.56. The SMILES string of the molecule is COc1nc(-c2ccc(CC(C)C)cc2)c(CO)s1. The molecule has 0 unspecified atom stereocenters. The molecular formula is C15H19NO2S. The largest absolute Gasteiger partial charge is 0.473 e. The van der Waals surface area contributed by atoms with E-state index in [2.05, 4.69) is 43.1 Å². The van der Waals surface area contributed by atoms with Gasteiger partial charge >= 0.3 is 0 Å². The van der Waals surface area contributed by atoms with Crippen LogP contribution in [-0.2, 0) is 13.0 Å². The molecule has 0 fully saturated rings. The number of benzene rings is 1. The molecule has 2 rings (SSSR count). The van der Waals surface area contributed by atoms with Crippen LogP contribution >= 0.6 is 11.3 Å². The lowest BCUT2D eigenvalue weighted by atomic mass is 10.0. The van der Waals surface area contributed by atoms with Gasteiger partial charge in [-0.1, -0.05) is 49.4 Å². The third kappa shape index (κ3) is 3.33. The number of rotatable bonds is 5. The van der Waals surface area contributed by atoms with Gasteiger partial charge in [-0.15, -0.1) is 0 Å². The van der Waals surface area contributed by atoms with E-state index in [0.717, 1.165) is 22.6 Å². The molecule has 1 heterocycles. The van der Waals surface area contributed by atoms with Crippen molar-refractivity contribution in [3.05, 3.63) is 34.7 Å². The molecule has 0 spiro atoms. The number of aromatic nitrogens is 1. The Balaban J connectivity index is 2.28. The third-order valence-electron chi connectivity index (χ3n) is 2.87. The fourth-order valence-corrected chi connectivity index (χ4v) is 2.78. The van der Waals surface area contributed by atoms with Crippen molar-refractivity contribution in [3.63, 3.8) is 0 Å². The molecule has 1 N–H and O–H groups in total. The highest BCUT2D eigenvalue weighted by molar-refractivity contribution is 7.13. The van der Waals surface area contributed by atoms with E-state index in [0.29, 0.717) is 11.1 Å². The van der Waals surface area contributed by atoms with Crippen LogP contribution in [0.15, 0.2) is 24.3 Å². The van der Waals surface area contributed by atoms with Crippen molar-refractivity contribution in [1.29, 1.82) is 0 Å². The number of methoxy groups -OCH3 is 1. The van der Waals surface area contributed by atoms with Gasteiger partial charge in [-0.05, 0) is 17.9 Å². The van der Waals surface area contributed by atoms with E-state index in [-0.39, 0.29) is 6.61 Å². The first-order valence-corrected chi connectivity index (χ1v) is 7.19. The van der Waals surface area contributed by atoms with Gasteiger partial charge in [-0.25, -0.2) is 4.98 Å². The average Bonchev–Trinajstić information content (AvgIpc) is 2.82. The van der Waals surface area contributed by atoms with Crippen LogP contribution in [0, 0.1) is 5.92 Å². The zero-order chi connectivity index (χ0) is 13.8. The minimum Gasteiger partial charge on any atom is -0.473 e. The van der Waals surface area contributed by atoms with Crippen molar-refractivity contribution in [2.24, 2.45) is 5.92 Å². The molecule has 102 valence electrons. The summed E-state index contributed by atoms with van der Waals surface area (Å²) in [4.78, 5) is 5.24. The zero-order valence-electron chi connectivity index (χ0n) is 11.5. The minimum atomic E-state index is -0.00982. The topological polar surface area (TPSA) is 42.4 Å². The lowest BCUT2D eigenvalue weighted by Crippen LogP contribution is -1.94. The van der Waals surface area contributed by atoms with Gasteiger partial charge < -0.3 is 9.84 Å². The molecule has 19 heavy (non-hydrogen) atoms. The average molecular weight is 277 g/mol. The molecule has 1 aromatic heterocycles. The van der Waals surface area contributed by atoms with Gasteiger partial charge in [0.15, 0.2) is 0 Å². The highest BCUT2D eigenvalue weighted by atomic mass is 32.1. The van der Waals surface area contributed by atoms with E-state index >= 15 is 0 Å². The van der Waals surface area contributed by atoms with Gasteiger partial charge in [0, 0.05) is 5.56 Å². The number of hydrogen-bond donors (Lipinski definition) is 1. The number of hydrogen-bond acceptors (Lipinski definition) is 4. The predicted octanol–water partition coefficient (Wildman–Crippen LogP) is 3.51. The standard InChI is InChI=1S/C15H19NO2S/c1-10(2)8-11-4-6-12(7-5-11)14-13(9-17)19-15(16-14)18-3/h4-7,10,17H,8-9H2,1-3H3.